The van der Waals surface area contributed by atoms with Crippen molar-refractivity contribution in [1.29, 1.82) is 0 Å². The average molecular weight is 266 g/mol. The van der Waals surface area contributed by atoms with E-state index in [-0.39, 0.29) is 0 Å². The first-order chi connectivity index (χ1) is 9.86. The van der Waals surface area contributed by atoms with Crippen molar-refractivity contribution in [3.05, 3.63) is 54.4 Å². The van der Waals surface area contributed by atoms with Crippen LogP contribution in [0.25, 0.3) is 16.5 Å². The first-order valence-electron chi connectivity index (χ1n) is 6.97. The molecule has 0 bridgehead atoms. The van der Waals surface area contributed by atoms with Crippen LogP contribution < -0.4 is 5.73 Å². The number of aryl methyl sites for hydroxylation is 1. The van der Waals surface area contributed by atoms with Crippen molar-refractivity contribution in [2.24, 2.45) is 5.73 Å². The van der Waals surface area contributed by atoms with Crippen LogP contribution in [-0.4, -0.2) is 21.5 Å². The van der Waals surface area contributed by atoms with Crippen LogP contribution in [0.5, 0.6) is 0 Å². The molecule has 4 nitrogen and oxygen atoms in total. The molecule has 0 spiro atoms. The van der Waals surface area contributed by atoms with Crippen LogP contribution in [0.3, 0.4) is 0 Å². The molecule has 0 saturated heterocycles. The Morgan fingerprint density at radius 3 is 2.70 bits per heavy atom. The number of hydrogen-bond acceptors (Lipinski definition) is 3. The van der Waals surface area contributed by atoms with Gasteiger partial charge in [-0.2, -0.15) is 0 Å². The van der Waals surface area contributed by atoms with Crippen molar-refractivity contribution < 1.29 is 0 Å². The maximum Gasteiger partial charge on any atom is 0.0831 e. The molecule has 0 aliphatic carbocycles. The molecule has 2 aromatic carbocycles. The van der Waals surface area contributed by atoms with Crippen molar-refractivity contribution in [1.82, 2.24) is 15.0 Å². The lowest BCUT2D eigenvalue weighted by molar-refractivity contribution is 0.727. The van der Waals surface area contributed by atoms with Crippen LogP contribution in [0.2, 0.25) is 0 Å². The molecule has 0 radical (unpaired) electrons. The van der Waals surface area contributed by atoms with E-state index in [1.165, 1.54) is 10.8 Å². The van der Waals surface area contributed by atoms with Gasteiger partial charge in [0.15, 0.2) is 0 Å². The largest absolute Gasteiger partial charge is 0.330 e. The van der Waals surface area contributed by atoms with Crippen molar-refractivity contribution in [3.63, 3.8) is 0 Å². The summed E-state index contributed by atoms with van der Waals surface area (Å²) in [5.74, 6) is 0. The van der Waals surface area contributed by atoms with E-state index >= 15 is 0 Å². The van der Waals surface area contributed by atoms with Crippen LogP contribution in [0.4, 0.5) is 0 Å². The number of nitrogens with two attached hydrogens (primary N) is 1. The highest BCUT2D eigenvalue weighted by atomic mass is 15.4. The second kappa shape index (κ2) is 5.84. The van der Waals surface area contributed by atoms with Gasteiger partial charge < -0.3 is 5.73 Å². The van der Waals surface area contributed by atoms with Crippen LogP contribution >= 0.6 is 0 Å². The first kappa shape index (κ1) is 12.8. The molecule has 0 saturated carbocycles. The summed E-state index contributed by atoms with van der Waals surface area (Å²) in [4.78, 5) is 0. The first-order valence-corrected chi connectivity index (χ1v) is 6.97. The highest BCUT2D eigenvalue weighted by Gasteiger charge is 2.03. The predicted molar refractivity (Wildman–Crippen MR) is 80.9 cm³/mol. The summed E-state index contributed by atoms with van der Waals surface area (Å²) in [6.07, 6.45) is 5.03. The van der Waals surface area contributed by atoms with Crippen LogP contribution in [0, 0.1) is 0 Å². The fourth-order valence-corrected chi connectivity index (χ4v) is 2.31. The number of unbranched alkanes of at least 4 members (excludes halogenated alkanes) is 1. The van der Waals surface area contributed by atoms with Gasteiger partial charge >= 0.3 is 0 Å². The maximum atomic E-state index is 5.50. The Hall–Kier alpha value is -2.20. The van der Waals surface area contributed by atoms with Gasteiger partial charge in [0, 0.05) is 0 Å². The van der Waals surface area contributed by atoms with Gasteiger partial charge in [-0.15, -0.1) is 5.10 Å². The highest BCUT2D eigenvalue weighted by molar-refractivity contribution is 5.84. The molecular formula is C16H18N4. The minimum Gasteiger partial charge on any atom is -0.330 e. The Balaban J connectivity index is 1.83. The molecule has 0 aliphatic rings. The summed E-state index contributed by atoms with van der Waals surface area (Å²) in [5, 5.41) is 10.9. The summed E-state index contributed by atoms with van der Waals surface area (Å²) < 4.78 is 1.84. The van der Waals surface area contributed by atoms with E-state index in [1.54, 1.807) is 0 Å². The van der Waals surface area contributed by atoms with E-state index in [9.17, 15) is 0 Å². The molecule has 3 aromatic rings. The zero-order chi connectivity index (χ0) is 13.8. The average Bonchev–Trinajstić information content (AvgIpc) is 2.96. The second-order valence-corrected chi connectivity index (χ2v) is 4.93. The lowest BCUT2D eigenvalue weighted by Gasteiger charge is -2.02. The van der Waals surface area contributed by atoms with Gasteiger partial charge in [0.25, 0.3) is 0 Å². The van der Waals surface area contributed by atoms with Gasteiger partial charge in [0.05, 0.1) is 17.6 Å². The molecule has 1 heterocycles. The molecule has 20 heavy (non-hydrogen) atoms. The van der Waals surface area contributed by atoms with Crippen LogP contribution in [0.15, 0.2) is 48.7 Å². The van der Waals surface area contributed by atoms with E-state index in [1.807, 2.05) is 23.0 Å². The molecule has 0 atom stereocenters. The minimum atomic E-state index is 0.735. The van der Waals surface area contributed by atoms with E-state index in [4.69, 9.17) is 5.73 Å². The Bertz CT molecular complexity index is 702. The molecule has 0 unspecified atom stereocenters. The number of aromatic nitrogens is 3. The van der Waals surface area contributed by atoms with E-state index in [2.05, 4.69) is 40.6 Å². The monoisotopic (exact) mass is 266 g/mol. The van der Waals surface area contributed by atoms with Crippen LogP contribution in [-0.2, 0) is 6.42 Å². The second-order valence-electron chi connectivity index (χ2n) is 4.93. The number of rotatable bonds is 5. The summed E-state index contributed by atoms with van der Waals surface area (Å²) in [6.45, 7) is 0.735. The van der Waals surface area contributed by atoms with E-state index in [0.29, 0.717) is 0 Å². The lowest BCUT2D eigenvalue weighted by Crippen LogP contribution is -1.99. The SMILES string of the molecule is NCCCCc1cn(-c2ccc3ccccc3c2)nn1. The van der Waals surface area contributed by atoms with E-state index < -0.39 is 0 Å². The third kappa shape index (κ3) is 2.70. The third-order valence-corrected chi connectivity index (χ3v) is 3.43. The van der Waals surface area contributed by atoms with Gasteiger partial charge in [0.2, 0.25) is 0 Å². The zero-order valence-electron chi connectivity index (χ0n) is 11.4. The summed E-state index contributed by atoms with van der Waals surface area (Å²) in [5.41, 5.74) is 7.56. The number of fused-ring (bicyclic) bond motifs is 1. The van der Waals surface area contributed by atoms with Crippen molar-refractivity contribution >= 4 is 10.8 Å². The topological polar surface area (TPSA) is 56.7 Å². The standard InChI is InChI=1S/C16H18N4/c17-10-4-3-7-15-12-20(19-18-15)16-9-8-13-5-1-2-6-14(13)11-16/h1-2,5-6,8-9,11-12H,3-4,7,10,17H2. The molecule has 3 rings (SSSR count). The Labute approximate surface area is 118 Å². The quantitative estimate of drug-likeness (QED) is 0.722. The third-order valence-electron chi connectivity index (χ3n) is 3.43. The predicted octanol–water partition coefficient (Wildman–Crippen LogP) is 2.70. The summed E-state index contributed by atoms with van der Waals surface area (Å²) in [6, 6.07) is 14.6. The van der Waals surface area contributed by atoms with Crippen LogP contribution in [0.1, 0.15) is 18.5 Å². The summed E-state index contributed by atoms with van der Waals surface area (Å²) >= 11 is 0. The van der Waals surface area contributed by atoms with E-state index in [0.717, 1.165) is 37.2 Å². The molecule has 102 valence electrons. The highest BCUT2D eigenvalue weighted by Crippen LogP contribution is 2.18. The van der Waals surface area contributed by atoms with Crippen molar-refractivity contribution in [3.8, 4) is 5.69 Å². The van der Waals surface area contributed by atoms with Gasteiger partial charge in [-0.3, -0.25) is 0 Å². The Kier molecular flexibility index (Phi) is 3.74. The smallest absolute Gasteiger partial charge is 0.0831 e. The fourth-order valence-electron chi connectivity index (χ4n) is 2.31. The molecule has 1 aromatic heterocycles. The van der Waals surface area contributed by atoms with Gasteiger partial charge in [-0.25, -0.2) is 4.68 Å². The Morgan fingerprint density at radius 1 is 1.00 bits per heavy atom. The fraction of sp³-hybridized carbons (Fsp3) is 0.250. The normalized spacial score (nSPS) is 11.1. The van der Waals surface area contributed by atoms with Gasteiger partial charge in [-0.05, 0) is 48.7 Å². The number of hydrogen-bond donors (Lipinski definition) is 1. The molecular weight excluding hydrogens is 248 g/mol. The Morgan fingerprint density at radius 2 is 1.85 bits per heavy atom. The molecule has 2 N–H and O–H groups in total. The summed E-state index contributed by atoms with van der Waals surface area (Å²) in [7, 11) is 0. The van der Waals surface area contributed by atoms with Crippen molar-refractivity contribution in [2.45, 2.75) is 19.3 Å². The molecule has 0 fully saturated rings. The van der Waals surface area contributed by atoms with Gasteiger partial charge in [0.1, 0.15) is 0 Å². The van der Waals surface area contributed by atoms with Crippen molar-refractivity contribution in [2.75, 3.05) is 6.54 Å². The lowest BCUT2D eigenvalue weighted by atomic mass is 10.1. The number of benzene rings is 2. The minimum absolute atomic E-state index is 0.735. The zero-order valence-corrected chi connectivity index (χ0v) is 11.4. The molecule has 0 aliphatic heterocycles. The molecule has 4 heteroatoms. The molecule has 0 amide bonds. The van der Waals surface area contributed by atoms with Gasteiger partial charge in [-0.1, -0.05) is 35.5 Å². The maximum absolute atomic E-state index is 5.50. The number of nitrogens with zero attached hydrogens (tertiary/aromatic N) is 3.